The van der Waals surface area contributed by atoms with E-state index in [1.807, 2.05) is 23.9 Å². The van der Waals surface area contributed by atoms with Crippen LogP contribution in [0.4, 0.5) is 0 Å². The largest absolute Gasteiger partial charge is 0.340 e. The number of carbonyl (C=O) groups is 1. The quantitative estimate of drug-likeness (QED) is 0.869. The van der Waals surface area contributed by atoms with Crippen LogP contribution in [0.1, 0.15) is 44.2 Å². The highest BCUT2D eigenvalue weighted by molar-refractivity contribution is 9.10. The van der Waals surface area contributed by atoms with Crippen LogP contribution in [0.2, 0.25) is 0 Å². The van der Waals surface area contributed by atoms with Crippen molar-refractivity contribution in [3.63, 3.8) is 0 Å². The van der Waals surface area contributed by atoms with E-state index in [9.17, 15) is 4.79 Å². The summed E-state index contributed by atoms with van der Waals surface area (Å²) in [6.45, 7) is 9.45. The van der Waals surface area contributed by atoms with Gasteiger partial charge in [-0.3, -0.25) is 4.79 Å². The third-order valence-electron chi connectivity index (χ3n) is 3.16. The maximum Gasteiger partial charge on any atom is 0.270 e. The second-order valence-electron chi connectivity index (χ2n) is 6.07. The number of halogens is 2. The molecular weight excluding hydrogens is 342 g/mol. The van der Waals surface area contributed by atoms with Gasteiger partial charge in [-0.25, -0.2) is 0 Å². The van der Waals surface area contributed by atoms with E-state index in [-0.39, 0.29) is 29.8 Å². The molecule has 6 heteroatoms. The Morgan fingerprint density at radius 3 is 2.50 bits per heavy atom. The molecule has 0 aliphatic carbocycles. The summed E-state index contributed by atoms with van der Waals surface area (Å²) in [7, 11) is 1.82. The minimum absolute atomic E-state index is 0. The summed E-state index contributed by atoms with van der Waals surface area (Å²) in [6.07, 6.45) is 1.94. The highest BCUT2D eigenvalue weighted by atomic mass is 79.9. The van der Waals surface area contributed by atoms with Crippen molar-refractivity contribution >= 4 is 34.2 Å². The Labute approximate surface area is 136 Å². The van der Waals surface area contributed by atoms with Gasteiger partial charge in [0.1, 0.15) is 5.69 Å². The van der Waals surface area contributed by atoms with Gasteiger partial charge >= 0.3 is 0 Å². The number of nitrogens with two attached hydrogens (primary N) is 1. The van der Waals surface area contributed by atoms with Crippen LogP contribution in [-0.2, 0) is 0 Å². The Morgan fingerprint density at radius 2 is 2.05 bits per heavy atom. The number of hydrogen-bond acceptors (Lipinski definition) is 2. The van der Waals surface area contributed by atoms with Crippen molar-refractivity contribution < 1.29 is 4.79 Å². The van der Waals surface area contributed by atoms with Gasteiger partial charge in [0.2, 0.25) is 0 Å². The molecule has 0 radical (unpaired) electrons. The number of hydrogen-bond donors (Lipinski definition) is 1. The predicted molar refractivity (Wildman–Crippen MR) is 89.6 cm³/mol. The zero-order valence-electron chi connectivity index (χ0n) is 12.8. The van der Waals surface area contributed by atoms with Crippen LogP contribution in [0, 0.1) is 5.41 Å². The van der Waals surface area contributed by atoms with Crippen molar-refractivity contribution in [2.75, 3.05) is 20.1 Å². The molecule has 0 saturated carbocycles. The summed E-state index contributed by atoms with van der Waals surface area (Å²) in [6, 6.07) is 2.12. The minimum atomic E-state index is -0.0725. The second kappa shape index (κ2) is 7.48. The fourth-order valence-corrected chi connectivity index (χ4v) is 2.46. The summed E-state index contributed by atoms with van der Waals surface area (Å²) >= 11 is 3.43. The molecule has 1 amide bonds. The Morgan fingerprint density at radius 1 is 1.50 bits per heavy atom. The van der Waals surface area contributed by atoms with Crippen molar-refractivity contribution in [3.05, 3.63) is 22.4 Å². The molecule has 20 heavy (non-hydrogen) atoms. The minimum Gasteiger partial charge on any atom is -0.340 e. The van der Waals surface area contributed by atoms with Crippen molar-refractivity contribution in [2.45, 2.75) is 33.7 Å². The van der Waals surface area contributed by atoms with E-state index >= 15 is 0 Å². The lowest BCUT2D eigenvalue weighted by atomic mass is 9.93. The van der Waals surface area contributed by atoms with Crippen LogP contribution in [0.5, 0.6) is 0 Å². The van der Waals surface area contributed by atoms with Crippen LogP contribution >= 0.6 is 28.3 Å². The van der Waals surface area contributed by atoms with Gasteiger partial charge in [-0.1, -0.05) is 13.8 Å². The summed E-state index contributed by atoms with van der Waals surface area (Å²) < 4.78 is 2.91. The van der Waals surface area contributed by atoms with E-state index in [2.05, 4.69) is 43.6 Å². The summed E-state index contributed by atoms with van der Waals surface area (Å²) in [5.41, 5.74) is 6.36. The molecule has 116 valence electrons. The van der Waals surface area contributed by atoms with Gasteiger partial charge in [0.05, 0.1) is 0 Å². The number of carbonyl (C=O) groups excluding carboxylic acids is 1. The zero-order valence-corrected chi connectivity index (χ0v) is 15.2. The Bertz CT molecular complexity index is 457. The lowest BCUT2D eigenvalue weighted by Gasteiger charge is -2.29. The Balaban J connectivity index is 0.00000361. The molecule has 0 bridgehead atoms. The molecule has 0 fully saturated rings. The Kier molecular flexibility index (Phi) is 7.28. The molecule has 0 atom stereocenters. The zero-order chi connectivity index (χ0) is 14.8. The van der Waals surface area contributed by atoms with Gasteiger partial charge in [0.25, 0.3) is 5.91 Å². The van der Waals surface area contributed by atoms with Gasteiger partial charge in [0, 0.05) is 30.3 Å². The topological polar surface area (TPSA) is 51.3 Å². The monoisotopic (exact) mass is 365 g/mol. The van der Waals surface area contributed by atoms with E-state index in [0.29, 0.717) is 18.8 Å². The number of nitrogens with zero attached hydrogens (tertiary/aromatic N) is 2. The maximum absolute atomic E-state index is 12.5. The molecule has 0 aliphatic heterocycles. The molecule has 0 unspecified atom stereocenters. The predicted octanol–water partition coefficient (Wildman–Crippen LogP) is 3.31. The van der Waals surface area contributed by atoms with E-state index in [0.717, 1.165) is 4.47 Å². The molecule has 1 aromatic heterocycles. The SMILES string of the molecule is CC(C)n1cc(Br)cc1C(=O)N(C)CC(C)(C)CN.Cl. The van der Waals surface area contributed by atoms with Crippen molar-refractivity contribution in [1.82, 2.24) is 9.47 Å². The third kappa shape index (κ3) is 4.79. The molecule has 1 rings (SSSR count). The summed E-state index contributed by atoms with van der Waals surface area (Å²) in [5.74, 6) is 0.0286. The fourth-order valence-electron chi connectivity index (χ4n) is 2.02. The molecule has 1 aromatic rings. The van der Waals surface area contributed by atoms with Crippen molar-refractivity contribution in [1.29, 1.82) is 0 Å². The first-order valence-electron chi connectivity index (χ1n) is 6.51. The lowest BCUT2D eigenvalue weighted by Crippen LogP contribution is -2.40. The number of amides is 1. The first-order chi connectivity index (χ1) is 8.68. The van der Waals surface area contributed by atoms with Crippen LogP contribution < -0.4 is 5.73 Å². The molecule has 4 nitrogen and oxygen atoms in total. The van der Waals surface area contributed by atoms with Crippen LogP contribution in [0.3, 0.4) is 0 Å². The first kappa shape index (κ1) is 19.5. The third-order valence-corrected chi connectivity index (χ3v) is 3.59. The second-order valence-corrected chi connectivity index (χ2v) is 6.99. The maximum atomic E-state index is 12.5. The highest BCUT2D eigenvalue weighted by Gasteiger charge is 2.24. The molecule has 0 aromatic carbocycles. The van der Waals surface area contributed by atoms with Gasteiger partial charge in [-0.05, 0) is 47.8 Å². The summed E-state index contributed by atoms with van der Waals surface area (Å²) in [5, 5.41) is 0. The van der Waals surface area contributed by atoms with Crippen LogP contribution in [0.15, 0.2) is 16.7 Å². The Hall–Kier alpha value is -0.520. The standard InChI is InChI=1S/C14H24BrN3O.ClH/c1-10(2)18-7-11(15)6-12(18)13(19)17(5)9-14(3,4)8-16;/h6-7,10H,8-9,16H2,1-5H3;1H. The van der Waals surface area contributed by atoms with Gasteiger partial charge in [-0.2, -0.15) is 0 Å². The smallest absolute Gasteiger partial charge is 0.270 e. The number of rotatable bonds is 5. The van der Waals surface area contributed by atoms with E-state index < -0.39 is 0 Å². The molecule has 1 heterocycles. The van der Waals surface area contributed by atoms with Crippen molar-refractivity contribution in [3.8, 4) is 0 Å². The fraction of sp³-hybridized carbons (Fsp3) is 0.643. The first-order valence-corrected chi connectivity index (χ1v) is 7.30. The van der Waals surface area contributed by atoms with E-state index in [1.165, 1.54) is 0 Å². The van der Waals surface area contributed by atoms with Gasteiger partial charge in [0.15, 0.2) is 0 Å². The average Bonchev–Trinajstić information content (AvgIpc) is 2.70. The summed E-state index contributed by atoms with van der Waals surface area (Å²) in [4.78, 5) is 14.3. The lowest BCUT2D eigenvalue weighted by molar-refractivity contribution is 0.0728. The van der Waals surface area contributed by atoms with Crippen molar-refractivity contribution in [2.24, 2.45) is 11.1 Å². The van der Waals surface area contributed by atoms with Crippen LogP contribution in [-0.4, -0.2) is 35.5 Å². The average molecular weight is 367 g/mol. The van der Waals surface area contributed by atoms with Gasteiger partial charge in [-0.15, -0.1) is 12.4 Å². The van der Waals surface area contributed by atoms with Gasteiger partial charge < -0.3 is 15.2 Å². The van der Waals surface area contributed by atoms with Crippen LogP contribution in [0.25, 0.3) is 0 Å². The molecule has 0 saturated heterocycles. The highest BCUT2D eigenvalue weighted by Crippen LogP contribution is 2.22. The molecule has 0 aliphatic rings. The van der Waals surface area contributed by atoms with E-state index in [4.69, 9.17) is 5.73 Å². The normalized spacial score (nSPS) is 11.4. The molecule has 0 spiro atoms. The number of aromatic nitrogens is 1. The van der Waals surface area contributed by atoms with E-state index in [1.54, 1.807) is 4.90 Å². The molecular formula is C14H25BrClN3O. The molecule has 2 N–H and O–H groups in total.